The smallest absolute Gasteiger partial charge is 0.339 e. The van der Waals surface area contributed by atoms with Crippen molar-refractivity contribution in [1.82, 2.24) is 0 Å². The predicted molar refractivity (Wildman–Crippen MR) is 114 cm³/mol. The molecule has 3 N–H and O–H groups in total. The topological polar surface area (TPSA) is 105 Å². The van der Waals surface area contributed by atoms with Crippen molar-refractivity contribution in [3.05, 3.63) is 23.8 Å². The highest BCUT2D eigenvalue weighted by Crippen LogP contribution is 2.26. The van der Waals surface area contributed by atoms with Gasteiger partial charge >= 0.3 is 14.5 Å². The standard InChI is InChI=1S/C17H31NO6Si3/c1-25(2,3)23-27(7,24-26(4,5)6)11-10-16(20)18-13-8-9-15(19)14(12-13)17(21)22/h8-9,12,19H,10-11H2,1-7H3,(H,18,20)(H,21,22). The number of aromatic carboxylic acids is 1. The average Bonchev–Trinajstić information content (AvgIpc) is 2.43. The van der Waals surface area contributed by atoms with Crippen molar-refractivity contribution < 1.29 is 28.0 Å². The van der Waals surface area contributed by atoms with E-state index in [2.05, 4.69) is 44.6 Å². The SMILES string of the molecule is C[Si](C)(C)O[Si](C)(CCC(=O)Nc1ccc(O)c(C(=O)O)c1)O[Si](C)(C)C. The van der Waals surface area contributed by atoms with Crippen LogP contribution in [0.1, 0.15) is 16.8 Å². The molecule has 0 aliphatic rings. The molecule has 0 aromatic heterocycles. The molecule has 0 atom stereocenters. The summed E-state index contributed by atoms with van der Waals surface area (Å²) < 4.78 is 12.7. The van der Waals surface area contributed by atoms with Crippen molar-refractivity contribution >= 4 is 42.8 Å². The van der Waals surface area contributed by atoms with Crippen molar-refractivity contribution in [2.75, 3.05) is 5.32 Å². The van der Waals surface area contributed by atoms with E-state index in [1.807, 2.05) is 6.55 Å². The second-order valence-corrected chi connectivity index (χ2v) is 21.5. The number of carboxylic acid groups (broad SMARTS) is 1. The first kappa shape index (κ1) is 23.6. The first-order valence-electron chi connectivity index (χ1n) is 8.87. The Morgan fingerprint density at radius 2 is 1.52 bits per heavy atom. The van der Waals surface area contributed by atoms with E-state index in [0.717, 1.165) is 0 Å². The van der Waals surface area contributed by atoms with Gasteiger partial charge in [-0.05, 0) is 70.1 Å². The number of anilines is 1. The molecular weight excluding hydrogens is 398 g/mol. The summed E-state index contributed by atoms with van der Waals surface area (Å²) in [6.45, 7) is 14.7. The van der Waals surface area contributed by atoms with Gasteiger partial charge in [0.15, 0.2) is 16.6 Å². The van der Waals surface area contributed by atoms with Gasteiger partial charge in [-0.3, -0.25) is 4.79 Å². The summed E-state index contributed by atoms with van der Waals surface area (Å²) in [5.41, 5.74) is 0.0759. The van der Waals surface area contributed by atoms with E-state index in [0.29, 0.717) is 11.7 Å². The molecule has 0 aliphatic heterocycles. The first-order chi connectivity index (χ1) is 12.1. The quantitative estimate of drug-likeness (QED) is 0.401. The fourth-order valence-corrected chi connectivity index (χ4v) is 15.2. The summed E-state index contributed by atoms with van der Waals surface area (Å²) in [4.78, 5) is 23.5. The molecule has 0 heterocycles. The van der Waals surface area contributed by atoms with Crippen molar-refractivity contribution in [1.29, 1.82) is 0 Å². The number of hydrogen-bond acceptors (Lipinski definition) is 5. The van der Waals surface area contributed by atoms with Crippen molar-refractivity contribution in [2.24, 2.45) is 0 Å². The monoisotopic (exact) mass is 429 g/mol. The zero-order valence-corrected chi connectivity index (χ0v) is 20.2. The van der Waals surface area contributed by atoms with Crippen LogP contribution in [0.25, 0.3) is 0 Å². The highest BCUT2D eigenvalue weighted by molar-refractivity contribution is 6.87. The third kappa shape index (κ3) is 8.84. The van der Waals surface area contributed by atoms with Crippen LogP contribution in [-0.4, -0.2) is 47.3 Å². The fraction of sp³-hybridized carbons (Fsp3) is 0.529. The Balaban J connectivity index is 2.82. The van der Waals surface area contributed by atoms with Crippen LogP contribution in [0.5, 0.6) is 5.75 Å². The number of hydrogen-bond donors (Lipinski definition) is 3. The summed E-state index contributed by atoms with van der Waals surface area (Å²) in [5.74, 6) is -1.84. The van der Waals surface area contributed by atoms with Gasteiger partial charge in [0, 0.05) is 12.1 Å². The van der Waals surface area contributed by atoms with Crippen LogP contribution >= 0.6 is 0 Å². The Hall–Kier alpha value is -1.47. The lowest BCUT2D eigenvalue weighted by Gasteiger charge is -2.38. The minimum absolute atomic E-state index is 0.223. The van der Waals surface area contributed by atoms with Crippen LogP contribution in [0.15, 0.2) is 18.2 Å². The normalized spacial score (nSPS) is 12.7. The lowest BCUT2D eigenvalue weighted by molar-refractivity contribution is -0.116. The number of aromatic hydroxyl groups is 1. The number of benzene rings is 1. The lowest BCUT2D eigenvalue weighted by Crippen LogP contribution is -2.52. The molecule has 0 fully saturated rings. The number of phenols is 1. The van der Waals surface area contributed by atoms with Crippen LogP contribution in [-0.2, 0) is 13.0 Å². The van der Waals surface area contributed by atoms with E-state index < -0.39 is 31.2 Å². The summed E-state index contributed by atoms with van der Waals surface area (Å²) in [6, 6.07) is 4.48. The summed E-state index contributed by atoms with van der Waals surface area (Å²) >= 11 is 0. The molecule has 0 spiro atoms. The van der Waals surface area contributed by atoms with Crippen molar-refractivity contribution in [3.8, 4) is 5.75 Å². The number of amides is 1. The second-order valence-electron chi connectivity index (χ2n) is 8.65. The molecule has 0 aliphatic carbocycles. The van der Waals surface area contributed by atoms with Crippen LogP contribution in [0, 0.1) is 0 Å². The third-order valence-electron chi connectivity index (χ3n) is 3.36. The van der Waals surface area contributed by atoms with Crippen LogP contribution < -0.4 is 5.32 Å². The van der Waals surface area contributed by atoms with Gasteiger partial charge in [-0.2, -0.15) is 0 Å². The Kier molecular flexibility index (Phi) is 7.59. The van der Waals surface area contributed by atoms with E-state index in [-0.39, 0.29) is 23.6 Å². The molecule has 0 saturated carbocycles. The van der Waals surface area contributed by atoms with Crippen molar-refractivity contribution in [3.63, 3.8) is 0 Å². The second kappa shape index (κ2) is 8.69. The largest absolute Gasteiger partial charge is 0.507 e. The molecule has 7 nitrogen and oxygen atoms in total. The Labute approximate surface area is 164 Å². The third-order valence-corrected chi connectivity index (χ3v) is 12.9. The number of carboxylic acids is 1. The van der Waals surface area contributed by atoms with E-state index in [9.17, 15) is 14.7 Å². The lowest BCUT2D eigenvalue weighted by atomic mass is 10.2. The van der Waals surface area contributed by atoms with Crippen LogP contribution in [0.2, 0.25) is 51.9 Å². The van der Waals surface area contributed by atoms with Gasteiger partial charge in [0.05, 0.1) is 0 Å². The van der Waals surface area contributed by atoms with Gasteiger partial charge in [0.25, 0.3) is 0 Å². The molecule has 1 rings (SSSR count). The van der Waals surface area contributed by atoms with Crippen molar-refractivity contribution in [2.45, 2.75) is 58.3 Å². The molecule has 10 heteroatoms. The zero-order chi connectivity index (χ0) is 21.0. The summed E-state index contributed by atoms with van der Waals surface area (Å²) in [7, 11) is -6.17. The molecule has 1 aromatic rings. The summed E-state index contributed by atoms with van der Waals surface area (Å²) in [6.07, 6.45) is 0.223. The molecular formula is C17H31NO6Si3. The van der Waals surface area contributed by atoms with Gasteiger partial charge in [-0.15, -0.1) is 0 Å². The number of carbonyl (C=O) groups excluding carboxylic acids is 1. The van der Waals surface area contributed by atoms with Crippen LogP contribution in [0.3, 0.4) is 0 Å². The minimum Gasteiger partial charge on any atom is -0.507 e. The van der Waals surface area contributed by atoms with Crippen LogP contribution in [0.4, 0.5) is 5.69 Å². The Morgan fingerprint density at radius 3 is 1.96 bits per heavy atom. The van der Waals surface area contributed by atoms with Gasteiger partial charge < -0.3 is 23.8 Å². The highest BCUT2D eigenvalue weighted by Gasteiger charge is 2.40. The number of rotatable bonds is 9. The van der Waals surface area contributed by atoms with E-state index in [1.54, 1.807) is 0 Å². The first-order valence-corrected chi connectivity index (χ1v) is 18.2. The molecule has 1 amide bonds. The zero-order valence-electron chi connectivity index (χ0n) is 17.2. The van der Waals surface area contributed by atoms with Gasteiger partial charge in [0.1, 0.15) is 11.3 Å². The molecule has 0 radical (unpaired) electrons. The molecule has 1 aromatic carbocycles. The Bertz CT molecular complexity index is 681. The molecule has 27 heavy (non-hydrogen) atoms. The maximum Gasteiger partial charge on any atom is 0.339 e. The van der Waals surface area contributed by atoms with Gasteiger partial charge in [0.2, 0.25) is 5.91 Å². The predicted octanol–water partition coefficient (Wildman–Crippen LogP) is 4.19. The number of nitrogens with one attached hydrogen (secondary N) is 1. The van der Waals surface area contributed by atoms with Gasteiger partial charge in [-0.1, -0.05) is 0 Å². The summed E-state index contributed by atoms with van der Waals surface area (Å²) in [5, 5.41) is 21.3. The average molecular weight is 430 g/mol. The maximum absolute atomic E-state index is 12.4. The molecule has 152 valence electrons. The number of carbonyl (C=O) groups is 2. The molecule has 0 saturated heterocycles. The minimum atomic E-state index is -2.51. The Morgan fingerprint density at radius 1 is 1.00 bits per heavy atom. The molecule has 0 unspecified atom stereocenters. The highest BCUT2D eigenvalue weighted by atomic mass is 28.5. The molecule has 0 bridgehead atoms. The maximum atomic E-state index is 12.4. The van der Waals surface area contributed by atoms with Gasteiger partial charge in [-0.25, -0.2) is 4.79 Å². The van der Waals surface area contributed by atoms with E-state index >= 15 is 0 Å². The van der Waals surface area contributed by atoms with E-state index in [4.69, 9.17) is 13.3 Å². The fourth-order valence-electron chi connectivity index (χ4n) is 2.77. The van der Waals surface area contributed by atoms with E-state index in [1.165, 1.54) is 18.2 Å².